The molecule has 7 heteroatoms. The maximum absolute atomic E-state index is 5.79. The summed E-state index contributed by atoms with van der Waals surface area (Å²) in [5.41, 5.74) is 0.920. The van der Waals surface area contributed by atoms with Gasteiger partial charge in [0.1, 0.15) is 0 Å². The van der Waals surface area contributed by atoms with E-state index in [2.05, 4.69) is 15.6 Å². The van der Waals surface area contributed by atoms with Gasteiger partial charge in [-0.25, -0.2) is 0 Å². The van der Waals surface area contributed by atoms with Crippen LogP contribution in [0.2, 0.25) is 0 Å². The summed E-state index contributed by atoms with van der Waals surface area (Å²) in [6.07, 6.45) is 4.07. The molecule has 150 valence electrons. The van der Waals surface area contributed by atoms with Gasteiger partial charge < -0.3 is 29.6 Å². The lowest BCUT2D eigenvalue weighted by atomic mass is 10.0. The zero-order valence-electron chi connectivity index (χ0n) is 16.2. The highest BCUT2D eigenvalue weighted by Gasteiger charge is 2.13. The van der Waals surface area contributed by atoms with Crippen LogP contribution in [-0.4, -0.2) is 59.2 Å². The molecule has 0 aromatic heterocycles. The second-order valence-corrected chi connectivity index (χ2v) is 6.82. The Morgan fingerprint density at radius 3 is 2.78 bits per heavy atom. The van der Waals surface area contributed by atoms with Crippen molar-refractivity contribution in [3.63, 3.8) is 0 Å². The Morgan fingerprint density at radius 1 is 1.15 bits per heavy atom. The van der Waals surface area contributed by atoms with Crippen molar-refractivity contribution in [1.82, 2.24) is 5.32 Å². The zero-order chi connectivity index (χ0) is 18.7. The lowest BCUT2D eigenvalue weighted by molar-refractivity contribution is 0.0203. The van der Waals surface area contributed by atoms with Gasteiger partial charge in [0, 0.05) is 58.2 Å². The lowest BCUT2D eigenvalue weighted by Gasteiger charge is -2.21. The molecule has 0 aliphatic carbocycles. The van der Waals surface area contributed by atoms with Gasteiger partial charge in [-0.05, 0) is 37.3 Å². The molecule has 0 atom stereocenters. The molecule has 1 aromatic carbocycles. The molecule has 0 radical (unpaired) electrons. The molecule has 0 bridgehead atoms. The summed E-state index contributed by atoms with van der Waals surface area (Å²) < 4.78 is 22.6. The quantitative estimate of drug-likeness (QED) is 0.432. The number of hydrogen-bond acceptors (Lipinski definition) is 5. The predicted molar refractivity (Wildman–Crippen MR) is 106 cm³/mol. The van der Waals surface area contributed by atoms with Gasteiger partial charge in [-0.15, -0.1) is 0 Å². The number of benzene rings is 1. The van der Waals surface area contributed by atoms with E-state index < -0.39 is 0 Å². The number of aliphatic imine (C=N–C) groups is 1. The second kappa shape index (κ2) is 11.0. The fourth-order valence-corrected chi connectivity index (χ4v) is 3.10. The Kier molecular flexibility index (Phi) is 8.04. The highest BCUT2D eigenvalue weighted by molar-refractivity contribution is 5.93. The molecule has 0 unspecified atom stereocenters. The highest BCUT2D eigenvalue weighted by atomic mass is 16.5. The Bertz CT molecular complexity index is 603. The van der Waals surface area contributed by atoms with Crippen LogP contribution in [-0.2, 0) is 9.47 Å². The zero-order valence-corrected chi connectivity index (χ0v) is 16.2. The van der Waals surface area contributed by atoms with E-state index in [1.807, 2.05) is 18.2 Å². The first-order chi connectivity index (χ1) is 13.3. The topological polar surface area (TPSA) is 73.3 Å². The minimum Gasteiger partial charge on any atom is -0.490 e. The van der Waals surface area contributed by atoms with Crippen LogP contribution in [0.25, 0.3) is 0 Å². The molecule has 7 nitrogen and oxygen atoms in total. The van der Waals surface area contributed by atoms with E-state index >= 15 is 0 Å². The molecular weight excluding hydrogens is 346 g/mol. The van der Waals surface area contributed by atoms with Crippen molar-refractivity contribution in [2.45, 2.75) is 25.7 Å². The summed E-state index contributed by atoms with van der Waals surface area (Å²) in [6.45, 7) is 5.52. The van der Waals surface area contributed by atoms with Crippen LogP contribution in [0.4, 0.5) is 5.69 Å². The predicted octanol–water partition coefficient (Wildman–Crippen LogP) is 2.67. The molecule has 1 saturated heterocycles. The minimum absolute atomic E-state index is 0.653. The molecule has 2 N–H and O–H groups in total. The van der Waals surface area contributed by atoms with Crippen molar-refractivity contribution in [3.05, 3.63) is 18.2 Å². The molecule has 1 aromatic rings. The second-order valence-electron chi connectivity index (χ2n) is 6.82. The molecule has 0 spiro atoms. The summed E-state index contributed by atoms with van der Waals surface area (Å²) in [4.78, 5) is 4.27. The monoisotopic (exact) mass is 377 g/mol. The van der Waals surface area contributed by atoms with Crippen LogP contribution in [0, 0.1) is 5.92 Å². The third kappa shape index (κ3) is 6.59. The number of hydrogen-bond donors (Lipinski definition) is 2. The Morgan fingerprint density at radius 2 is 1.96 bits per heavy atom. The number of rotatable bonds is 7. The molecule has 27 heavy (non-hydrogen) atoms. The van der Waals surface area contributed by atoms with E-state index in [-0.39, 0.29) is 0 Å². The number of nitrogens with one attached hydrogen (secondary N) is 2. The van der Waals surface area contributed by atoms with Crippen LogP contribution >= 0.6 is 0 Å². The molecule has 3 rings (SSSR count). The first-order valence-corrected chi connectivity index (χ1v) is 9.88. The first-order valence-electron chi connectivity index (χ1n) is 9.88. The number of nitrogens with zero attached hydrogens (tertiary/aromatic N) is 1. The highest BCUT2D eigenvalue weighted by Crippen LogP contribution is 2.32. The molecule has 2 aliphatic heterocycles. The smallest absolute Gasteiger partial charge is 0.195 e. The van der Waals surface area contributed by atoms with Crippen molar-refractivity contribution in [3.8, 4) is 11.5 Å². The summed E-state index contributed by atoms with van der Waals surface area (Å²) in [6, 6.07) is 5.85. The van der Waals surface area contributed by atoms with E-state index in [4.69, 9.17) is 18.9 Å². The van der Waals surface area contributed by atoms with Gasteiger partial charge in [0.05, 0.1) is 13.2 Å². The van der Waals surface area contributed by atoms with Crippen molar-refractivity contribution in [2.24, 2.45) is 10.9 Å². The van der Waals surface area contributed by atoms with E-state index in [0.717, 1.165) is 81.8 Å². The Hall–Kier alpha value is -1.99. The average molecular weight is 377 g/mol. The number of guanidine groups is 1. The Labute approximate surface area is 161 Å². The fourth-order valence-electron chi connectivity index (χ4n) is 3.10. The third-order valence-electron chi connectivity index (χ3n) is 4.69. The van der Waals surface area contributed by atoms with Crippen molar-refractivity contribution < 1.29 is 18.9 Å². The van der Waals surface area contributed by atoms with Crippen molar-refractivity contribution >= 4 is 11.6 Å². The Balaban J connectivity index is 1.35. The van der Waals surface area contributed by atoms with Crippen LogP contribution in [0.1, 0.15) is 25.7 Å². The van der Waals surface area contributed by atoms with E-state index in [0.29, 0.717) is 19.1 Å². The molecular formula is C20H31N3O4. The van der Waals surface area contributed by atoms with Gasteiger partial charge >= 0.3 is 0 Å². The minimum atomic E-state index is 0.653. The van der Waals surface area contributed by atoms with Crippen LogP contribution in [0.5, 0.6) is 11.5 Å². The number of ether oxygens (including phenoxy) is 4. The summed E-state index contributed by atoms with van der Waals surface area (Å²) >= 11 is 0. The van der Waals surface area contributed by atoms with Crippen LogP contribution < -0.4 is 20.1 Å². The normalized spacial score (nSPS) is 18.0. The van der Waals surface area contributed by atoms with Crippen molar-refractivity contribution in [2.75, 3.05) is 58.6 Å². The van der Waals surface area contributed by atoms with Crippen LogP contribution in [0.15, 0.2) is 23.2 Å². The maximum Gasteiger partial charge on any atom is 0.195 e. The maximum atomic E-state index is 5.79. The first kappa shape index (κ1) is 19.8. The number of fused-ring (bicyclic) bond motifs is 1. The van der Waals surface area contributed by atoms with E-state index in [9.17, 15) is 0 Å². The van der Waals surface area contributed by atoms with Gasteiger partial charge in [-0.3, -0.25) is 4.99 Å². The van der Waals surface area contributed by atoms with Gasteiger partial charge in [0.25, 0.3) is 0 Å². The average Bonchev–Trinajstić information content (AvgIpc) is 2.95. The van der Waals surface area contributed by atoms with Gasteiger partial charge in [-0.1, -0.05) is 0 Å². The summed E-state index contributed by atoms with van der Waals surface area (Å²) in [5.74, 6) is 2.95. The molecule has 0 amide bonds. The fraction of sp³-hybridized carbons (Fsp3) is 0.650. The van der Waals surface area contributed by atoms with E-state index in [1.54, 1.807) is 7.05 Å². The number of anilines is 1. The van der Waals surface area contributed by atoms with Crippen molar-refractivity contribution in [1.29, 1.82) is 0 Å². The molecule has 1 fully saturated rings. The SMILES string of the molecule is CN=C(NCCCOCC1CCOCC1)Nc1ccc2c(c1)OCCCO2. The van der Waals surface area contributed by atoms with Gasteiger partial charge in [0.2, 0.25) is 0 Å². The van der Waals surface area contributed by atoms with E-state index in [1.165, 1.54) is 0 Å². The molecule has 2 heterocycles. The van der Waals surface area contributed by atoms with Crippen LogP contribution in [0.3, 0.4) is 0 Å². The lowest BCUT2D eigenvalue weighted by Crippen LogP contribution is -2.32. The summed E-state index contributed by atoms with van der Waals surface area (Å²) in [5, 5.41) is 6.61. The molecule has 0 saturated carbocycles. The molecule has 2 aliphatic rings. The summed E-state index contributed by atoms with van der Waals surface area (Å²) in [7, 11) is 1.76. The third-order valence-corrected chi connectivity index (χ3v) is 4.69. The largest absolute Gasteiger partial charge is 0.490 e. The standard InChI is InChI=1S/C20H31N3O4/c1-21-20(22-8-2-9-25-15-16-6-12-24-13-7-16)23-17-4-5-18-19(14-17)27-11-3-10-26-18/h4-5,14,16H,2-3,6-13,15H2,1H3,(H2,21,22,23). The van der Waals surface area contributed by atoms with Gasteiger partial charge in [0.15, 0.2) is 17.5 Å². The van der Waals surface area contributed by atoms with Gasteiger partial charge in [-0.2, -0.15) is 0 Å².